The molecule has 0 radical (unpaired) electrons. The molecule has 2 saturated heterocycles. The van der Waals surface area contributed by atoms with Crippen LogP contribution in [-0.4, -0.2) is 60.2 Å². The highest BCUT2D eigenvalue weighted by Gasteiger charge is 2.30. The van der Waals surface area contributed by atoms with Crippen molar-refractivity contribution in [2.75, 3.05) is 39.4 Å². The molecule has 1 aromatic carbocycles. The van der Waals surface area contributed by atoms with Crippen molar-refractivity contribution in [3.63, 3.8) is 0 Å². The molecular formula is C22H28N2O5. The third-order valence-electron chi connectivity index (χ3n) is 5.98. The molecule has 1 N–H and O–H groups in total. The first-order valence-corrected chi connectivity index (χ1v) is 10.4. The Kier molecular flexibility index (Phi) is 5.87. The van der Waals surface area contributed by atoms with Crippen LogP contribution in [0.1, 0.15) is 30.9 Å². The van der Waals surface area contributed by atoms with Crippen LogP contribution in [0.15, 0.2) is 27.4 Å². The van der Waals surface area contributed by atoms with Crippen LogP contribution in [0.5, 0.6) is 5.75 Å². The molecular weight excluding hydrogens is 372 g/mol. The van der Waals surface area contributed by atoms with Crippen molar-refractivity contribution in [2.24, 2.45) is 5.92 Å². The van der Waals surface area contributed by atoms with E-state index in [0.29, 0.717) is 51.4 Å². The molecule has 2 aliphatic heterocycles. The van der Waals surface area contributed by atoms with Crippen LogP contribution in [0.4, 0.5) is 0 Å². The number of hydrogen-bond acceptors (Lipinski definition) is 6. The highest BCUT2D eigenvalue weighted by Crippen LogP contribution is 2.28. The number of benzene rings is 1. The summed E-state index contributed by atoms with van der Waals surface area (Å²) in [6.45, 7) is 6.71. The quantitative estimate of drug-likeness (QED) is 0.792. The third kappa shape index (κ3) is 4.31. The number of aryl methyl sites for hydroxylation is 1. The van der Waals surface area contributed by atoms with Gasteiger partial charge in [-0.15, -0.1) is 0 Å². The van der Waals surface area contributed by atoms with Gasteiger partial charge in [0.1, 0.15) is 11.3 Å². The van der Waals surface area contributed by atoms with Gasteiger partial charge in [-0.25, -0.2) is 4.79 Å². The Bertz CT molecular complexity index is 948. The first-order chi connectivity index (χ1) is 14.0. The lowest BCUT2D eigenvalue weighted by molar-refractivity contribution is -0.141. The molecule has 7 nitrogen and oxygen atoms in total. The molecule has 156 valence electrons. The SMILES string of the molecule is CCc1cc2c(CN3CCC[C@@H](C(=O)N4CCOCC4)C3)cc(=O)oc2cc1O. The molecule has 7 heteroatoms. The summed E-state index contributed by atoms with van der Waals surface area (Å²) in [5, 5.41) is 11.0. The fourth-order valence-electron chi connectivity index (χ4n) is 4.40. The molecule has 29 heavy (non-hydrogen) atoms. The molecule has 2 fully saturated rings. The van der Waals surface area contributed by atoms with E-state index < -0.39 is 5.63 Å². The molecule has 0 saturated carbocycles. The van der Waals surface area contributed by atoms with Crippen molar-refractivity contribution < 1.29 is 19.1 Å². The number of hydrogen-bond donors (Lipinski definition) is 1. The van der Waals surface area contributed by atoms with Gasteiger partial charge in [0.2, 0.25) is 5.91 Å². The summed E-state index contributed by atoms with van der Waals surface area (Å²) in [5.74, 6) is 0.353. The van der Waals surface area contributed by atoms with Gasteiger partial charge < -0.3 is 19.2 Å². The number of likely N-dealkylation sites (tertiary alicyclic amines) is 1. The van der Waals surface area contributed by atoms with Crippen molar-refractivity contribution in [2.45, 2.75) is 32.7 Å². The number of morpholine rings is 1. The molecule has 0 spiro atoms. The van der Waals surface area contributed by atoms with Crippen LogP contribution in [-0.2, 0) is 22.5 Å². The van der Waals surface area contributed by atoms with Crippen LogP contribution < -0.4 is 5.63 Å². The summed E-state index contributed by atoms with van der Waals surface area (Å²) in [4.78, 5) is 29.1. The smallest absolute Gasteiger partial charge is 0.336 e. The lowest BCUT2D eigenvalue weighted by Gasteiger charge is -2.36. The number of carbonyl (C=O) groups excluding carboxylic acids is 1. The van der Waals surface area contributed by atoms with E-state index in [2.05, 4.69) is 4.90 Å². The number of ether oxygens (including phenoxy) is 1. The predicted octanol–water partition coefficient (Wildman–Crippen LogP) is 2.13. The molecule has 4 rings (SSSR count). The molecule has 0 unspecified atom stereocenters. The largest absolute Gasteiger partial charge is 0.508 e. The minimum absolute atomic E-state index is 0.0107. The molecule has 1 atom stereocenters. The summed E-state index contributed by atoms with van der Waals surface area (Å²) in [6, 6.07) is 4.97. The lowest BCUT2D eigenvalue weighted by atomic mass is 9.95. The zero-order chi connectivity index (χ0) is 20.4. The zero-order valence-corrected chi connectivity index (χ0v) is 16.9. The van der Waals surface area contributed by atoms with Crippen LogP contribution in [0.3, 0.4) is 0 Å². The summed E-state index contributed by atoms with van der Waals surface area (Å²) in [6.07, 6.45) is 2.56. The Labute approximate surface area is 169 Å². The van der Waals surface area contributed by atoms with Crippen molar-refractivity contribution in [3.8, 4) is 5.75 Å². The maximum absolute atomic E-state index is 12.9. The van der Waals surface area contributed by atoms with Crippen molar-refractivity contribution in [3.05, 3.63) is 39.7 Å². The highest BCUT2D eigenvalue weighted by atomic mass is 16.5. The van der Waals surface area contributed by atoms with E-state index in [9.17, 15) is 14.7 Å². The summed E-state index contributed by atoms with van der Waals surface area (Å²) >= 11 is 0. The Morgan fingerprint density at radius 1 is 1.17 bits per heavy atom. The predicted molar refractivity (Wildman–Crippen MR) is 109 cm³/mol. The summed E-state index contributed by atoms with van der Waals surface area (Å²) < 4.78 is 10.7. The van der Waals surface area contributed by atoms with Gasteiger partial charge in [0.05, 0.1) is 19.1 Å². The molecule has 1 amide bonds. The van der Waals surface area contributed by atoms with Crippen molar-refractivity contribution in [1.29, 1.82) is 0 Å². The molecule has 3 heterocycles. The van der Waals surface area contributed by atoms with Gasteiger partial charge in [-0.3, -0.25) is 9.69 Å². The van der Waals surface area contributed by atoms with Gasteiger partial charge in [0.25, 0.3) is 0 Å². The molecule has 0 aliphatic carbocycles. The van der Waals surface area contributed by atoms with Crippen LogP contribution in [0.25, 0.3) is 11.0 Å². The van der Waals surface area contributed by atoms with Crippen LogP contribution in [0.2, 0.25) is 0 Å². The number of rotatable bonds is 4. The zero-order valence-electron chi connectivity index (χ0n) is 16.9. The number of fused-ring (bicyclic) bond motifs is 1. The van der Waals surface area contributed by atoms with Gasteiger partial charge in [-0.2, -0.15) is 0 Å². The summed E-state index contributed by atoms with van der Waals surface area (Å²) in [7, 11) is 0. The van der Waals surface area contributed by atoms with E-state index in [4.69, 9.17) is 9.15 Å². The van der Waals surface area contributed by atoms with Crippen LogP contribution in [0, 0.1) is 5.92 Å². The Morgan fingerprint density at radius 2 is 1.97 bits per heavy atom. The number of phenols is 1. The van der Waals surface area contributed by atoms with E-state index in [1.807, 2.05) is 17.9 Å². The normalized spacial score (nSPS) is 20.9. The second-order valence-corrected chi connectivity index (χ2v) is 7.93. The van der Waals surface area contributed by atoms with E-state index >= 15 is 0 Å². The maximum Gasteiger partial charge on any atom is 0.336 e. The standard InChI is InChI=1S/C22H28N2O5/c1-2-15-10-18-17(11-21(26)29-20(18)12-19(15)25)14-23-5-3-4-16(13-23)22(27)24-6-8-28-9-7-24/h10-12,16,25H,2-9,13-14H2,1H3/t16-/m1/s1. The Hall–Kier alpha value is -2.38. The molecule has 2 aromatic rings. The van der Waals surface area contributed by atoms with E-state index in [0.717, 1.165) is 35.9 Å². The minimum atomic E-state index is -0.422. The number of phenolic OH excluding ortho intramolecular Hbond substituents is 1. The van der Waals surface area contributed by atoms with Gasteiger partial charge in [-0.1, -0.05) is 6.92 Å². The number of nitrogens with zero attached hydrogens (tertiary/aromatic N) is 2. The van der Waals surface area contributed by atoms with Crippen molar-refractivity contribution >= 4 is 16.9 Å². The number of carbonyl (C=O) groups is 1. The van der Waals surface area contributed by atoms with Gasteiger partial charge in [0, 0.05) is 43.7 Å². The molecule has 0 bridgehead atoms. The highest BCUT2D eigenvalue weighted by molar-refractivity contribution is 5.83. The van der Waals surface area contributed by atoms with E-state index in [1.165, 1.54) is 12.1 Å². The van der Waals surface area contributed by atoms with Crippen molar-refractivity contribution in [1.82, 2.24) is 9.80 Å². The Balaban J connectivity index is 1.54. The molecule has 1 aromatic heterocycles. The fourth-order valence-corrected chi connectivity index (χ4v) is 4.40. The van der Waals surface area contributed by atoms with Gasteiger partial charge in [0.15, 0.2) is 0 Å². The maximum atomic E-state index is 12.9. The second kappa shape index (κ2) is 8.55. The second-order valence-electron chi connectivity index (χ2n) is 7.93. The number of amides is 1. The first-order valence-electron chi connectivity index (χ1n) is 10.4. The fraction of sp³-hybridized carbons (Fsp3) is 0.545. The van der Waals surface area contributed by atoms with Gasteiger partial charge in [-0.05, 0) is 43.0 Å². The average Bonchev–Trinajstić information content (AvgIpc) is 2.73. The number of aromatic hydroxyl groups is 1. The summed E-state index contributed by atoms with van der Waals surface area (Å²) in [5.41, 5.74) is 1.69. The van der Waals surface area contributed by atoms with E-state index in [-0.39, 0.29) is 17.6 Å². The minimum Gasteiger partial charge on any atom is -0.508 e. The van der Waals surface area contributed by atoms with Crippen LogP contribution >= 0.6 is 0 Å². The first kappa shape index (κ1) is 19.9. The Morgan fingerprint density at radius 3 is 2.72 bits per heavy atom. The lowest BCUT2D eigenvalue weighted by Crippen LogP contribution is -2.48. The average molecular weight is 400 g/mol. The molecule has 2 aliphatic rings. The third-order valence-corrected chi connectivity index (χ3v) is 5.98. The van der Waals surface area contributed by atoms with E-state index in [1.54, 1.807) is 0 Å². The topological polar surface area (TPSA) is 83.2 Å². The monoisotopic (exact) mass is 400 g/mol. The van der Waals surface area contributed by atoms with Gasteiger partial charge >= 0.3 is 5.63 Å². The number of piperidine rings is 1.